The molecule has 1 saturated carbocycles. The van der Waals surface area contributed by atoms with E-state index in [0.717, 1.165) is 15.6 Å². The van der Waals surface area contributed by atoms with E-state index in [1.54, 1.807) is 19.2 Å². The second-order valence-electron chi connectivity index (χ2n) is 6.99. The van der Waals surface area contributed by atoms with E-state index >= 15 is 0 Å². The van der Waals surface area contributed by atoms with Crippen LogP contribution in [0.25, 0.3) is 0 Å². The predicted molar refractivity (Wildman–Crippen MR) is 112 cm³/mol. The zero-order valence-electron chi connectivity index (χ0n) is 15.9. The Hall–Kier alpha value is -2.12. The van der Waals surface area contributed by atoms with Gasteiger partial charge in [-0.25, -0.2) is 0 Å². The summed E-state index contributed by atoms with van der Waals surface area (Å²) < 4.78 is 12.6. The molecule has 0 saturated heterocycles. The number of rotatable bonds is 8. The van der Waals surface area contributed by atoms with Gasteiger partial charge in [0, 0.05) is 34.8 Å². The first-order valence-corrected chi connectivity index (χ1v) is 10.3. The van der Waals surface area contributed by atoms with E-state index in [-0.39, 0.29) is 5.69 Å². The molecule has 2 aromatic carbocycles. The molecule has 1 N–H and O–H groups in total. The molecule has 28 heavy (non-hydrogen) atoms. The van der Waals surface area contributed by atoms with Gasteiger partial charge in [0.25, 0.3) is 5.69 Å². The molecule has 0 aromatic heterocycles. The quantitative estimate of drug-likeness (QED) is 0.434. The van der Waals surface area contributed by atoms with Crippen molar-refractivity contribution in [3.8, 4) is 11.5 Å². The number of nitro groups is 1. The lowest BCUT2D eigenvalue weighted by atomic mass is 9.95. The number of ether oxygens (including phenoxy) is 2. The summed E-state index contributed by atoms with van der Waals surface area (Å²) in [5.74, 6) is 1.36. The van der Waals surface area contributed by atoms with Gasteiger partial charge in [0.1, 0.15) is 6.61 Å². The lowest BCUT2D eigenvalue weighted by Crippen LogP contribution is -2.30. The summed E-state index contributed by atoms with van der Waals surface area (Å²) in [6, 6.07) is 10.8. The van der Waals surface area contributed by atoms with Crippen LogP contribution in [0.4, 0.5) is 5.69 Å². The topological polar surface area (TPSA) is 73.6 Å². The van der Waals surface area contributed by atoms with E-state index in [4.69, 9.17) is 9.47 Å². The Morgan fingerprint density at radius 3 is 2.50 bits per heavy atom. The van der Waals surface area contributed by atoms with Crippen LogP contribution in [0.1, 0.15) is 43.2 Å². The second-order valence-corrected chi connectivity index (χ2v) is 7.84. The van der Waals surface area contributed by atoms with Crippen molar-refractivity contribution in [3.63, 3.8) is 0 Å². The normalized spacial score (nSPS) is 14.6. The zero-order chi connectivity index (χ0) is 19.9. The molecule has 0 radical (unpaired) electrons. The highest BCUT2D eigenvalue weighted by Gasteiger charge is 2.18. The van der Waals surface area contributed by atoms with Crippen molar-refractivity contribution in [2.75, 3.05) is 7.11 Å². The summed E-state index contributed by atoms with van der Waals surface area (Å²) in [7, 11) is 1.63. The van der Waals surface area contributed by atoms with Gasteiger partial charge < -0.3 is 14.8 Å². The van der Waals surface area contributed by atoms with Gasteiger partial charge in [0.05, 0.1) is 12.0 Å². The summed E-state index contributed by atoms with van der Waals surface area (Å²) in [6.45, 7) is 0.999. The molecule has 0 atom stereocenters. The number of hydrogen-bond donors (Lipinski definition) is 1. The average molecular weight is 449 g/mol. The highest BCUT2D eigenvalue weighted by molar-refractivity contribution is 9.10. The maximum Gasteiger partial charge on any atom is 0.269 e. The van der Waals surface area contributed by atoms with Crippen molar-refractivity contribution in [1.82, 2.24) is 5.32 Å². The van der Waals surface area contributed by atoms with Gasteiger partial charge in [0.15, 0.2) is 11.5 Å². The van der Waals surface area contributed by atoms with Crippen molar-refractivity contribution >= 4 is 21.6 Å². The number of non-ortho nitro benzene ring substituents is 1. The fraction of sp³-hybridized carbons (Fsp3) is 0.429. The number of benzene rings is 2. The summed E-state index contributed by atoms with van der Waals surface area (Å²) >= 11 is 3.64. The minimum absolute atomic E-state index is 0.0705. The fourth-order valence-electron chi connectivity index (χ4n) is 3.49. The number of hydrogen-bond acceptors (Lipinski definition) is 5. The van der Waals surface area contributed by atoms with E-state index in [2.05, 4.69) is 21.2 Å². The molecule has 6 nitrogen and oxygen atoms in total. The second kappa shape index (κ2) is 9.89. The lowest BCUT2D eigenvalue weighted by Gasteiger charge is -2.24. The molecule has 150 valence electrons. The van der Waals surface area contributed by atoms with Crippen molar-refractivity contribution < 1.29 is 14.4 Å². The molecule has 0 aliphatic heterocycles. The largest absolute Gasteiger partial charge is 0.493 e. The molecule has 7 heteroatoms. The fourth-order valence-corrected chi connectivity index (χ4v) is 3.94. The molecule has 3 rings (SSSR count). The number of nitrogens with zero attached hydrogens (tertiary/aromatic N) is 1. The molecule has 1 fully saturated rings. The molecule has 2 aromatic rings. The van der Waals surface area contributed by atoms with Crippen LogP contribution in [0, 0.1) is 10.1 Å². The van der Waals surface area contributed by atoms with Gasteiger partial charge in [-0.15, -0.1) is 0 Å². The van der Waals surface area contributed by atoms with Crippen LogP contribution in [0.3, 0.4) is 0 Å². The van der Waals surface area contributed by atoms with Crippen LogP contribution in [-0.2, 0) is 13.2 Å². The molecule has 0 amide bonds. The summed E-state index contributed by atoms with van der Waals surface area (Å²) in [4.78, 5) is 10.4. The molecule has 0 spiro atoms. The minimum atomic E-state index is -0.406. The molecule has 0 heterocycles. The van der Waals surface area contributed by atoms with Crippen LogP contribution in [0.2, 0.25) is 0 Å². The third kappa shape index (κ3) is 5.23. The average Bonchev–Trinajstić information content (AvgIpc) is 2.72. The van der Waals surface area contributed by atoms with Crippen LogP contribution in [0.15, 0.2) is 40.9 Å². The standard InChI is InChI=1S/C21H25BrN2O4/c1-27-20-12-11-19(22)18(13-23-16-5-3-2-4-6-16)21(20)28-14-15-7-9-17(10-8-15)24(25)26/h7-12,16,23H,2-6,13-14H2,1H3. The maximum absolute atomic E-state index is 10.8. The van der Waals surface area contributed by atoms with Crippen LogP contribution in [-0.4, -0.2) is 18.1 Å². The monoisotopic (exact) mass is 448 g/mol. The predicted octanol–water partition coefficient (Wildman–Crippen LogP) is 5.37. The number of nitrogens with one attached hydrogen (secondary N) is 1. The first-order valence-electron chi connectivity index (χ1n) is 9.53. The highest BCUT2D eigenvalue weighted by atomic mass is 79.9. The summed E-state index contributed by atoms with van der Waals surface area (Å²) in [5.41, 5.74) is 1.95. The minimum Gasteiger partial charge on any atom is -0.493 e. The van der Waals surface area contributed by atoms with Crippen molar-refractivity contribution in [2.24, 2.45) is 0 Å². The molecule has 0 bridgehead atoms. The van der Waals surface area contributed by atoms with E-state index in [1.807, 2.05) is 12.1 Å². The number of methoxy groups -OCH3 is 1. The number of halogens is 1. The van der Waals surface area contributed by atoms with Crippen molar-refractivity contribution in [3.05, 3.63) is 62.1 Å². The third-order valence-corrected chi connectivity index (χ3v) is 5.83. The van der Waals surface area contributed by atoms with Gasteiger partial charge >= 0.3 is 0 Å². The van der Waals surface area contributed by atoms with E-state index in [0.29, 0.717) is 30.7 Å². The van der Waals surface area contributed by atoms with Crippen molar-refractivity contribution in [2.45, 2.75) is 51.3 Å². The smallest absolute Gasteiger partial charge is 0.269 e. The van der Waals surface area contributed by atoms with Gasteiger partial charge in [-0.05, 0) is 42.7 Å². The van der Waals surface area contributed by atoms with Crippen molar-refractivity contribution in [1.29, 1.82) is 0 Å². The van der Waals surface area contributed by atoms with Gasteiger partial charge in [0.2, 0.25) is 0 Å². The highest BCUT2D eigenvalue weighted by Crippen LogP contribution is 2.37. The molecular formula is C21H25BrN2O4. The SMILES string of the molecule is COc1ccc(Br)c(CNC2CCCCC2)c1OCc1ccc([N+](=O)[O-])cc1. The summed E-state index contributed by atoms with van der Waals surface area (Å²) in [5, 5.41) is 14.5. The molecule has 1 aliphatic carbocycles. The van der Waals surface area contributed by atoms with Gasteiger partial charge in [-0.2, -0.15) is 0 Å². The Morgan fingerprint density at radius 1 is 1.14 bits per heavy atom. The molecule has 1 aliphatic rings. The van der Waals surface area contributed by atoms with Gasteiger partial charge in [-0.1, -0.05) is 35.2 Å². The Bertz CT molecular complexity index is 805. The number of nitro benzene ring substituents is 1. The van der Waals surface area contributed by atoms with Crippen LogP contribution < -0.4 is 14.8 Å². The molecule has 0 unspecified atom stereocenters. The Balaban J connectivity index is 1.74. The van der Waals surface area contributed by atoms with E-state index in [9.17, 15) is 10.1 Å². The van der Waals surface area contributed by atoms with Gasteiger partial charge in [-0.3, -0.25) is 10.1 Å². The molecular weight excluding hydrogens is 424 g/mol. The van der Waals surface area contributed by atoms with Crippen LogP contribution >= 0.6 is 15.9 Å². The van der Waals surface area contributed by atoms with E-state index in [1.165, 1.54) is 44.2 Å². The Kier molecular flexibility index (Phi) is 7.28. The van der Waals surface area contributed by atoms with Crippen LogP contribution in [0.5, 0.6) is 11.5 Å². The first kappa shape index (κ1) is 20.6. The van der Waals surface area contributed by atoms with E-state index < -0.39 is 4.92 Å². The first-order chi connectivity index (χ1) is 13.6. The third-order valence-electron chi connectivity index (χ3n) is 5.09. The Morgan fingerprint density at radius 2 is 1.86 bits per heavy atom. The summed E-state index contributed by atoms with van der Waals surface area (Å²) in [6.07, 6.45) is 6.30. The maximum atomic E-state index is 10.8. The zero-order valence-corrected chi connectivity index (χ0v) is 17.5. The lowest BCUT2D eigenvalue weighted by molar-refractivity contribution is -0.384. The Labute approximate surface area is 173 Å².